The van der Waals surface area contributed by atoms with Crippen molar-refractivity contribution >= 4 is 22.7 Å². The Morgan fingerprint density at radius 2 is 2.14 bits per heavy atom. The van der Waals surface area contributed by atoms with E-state index in [-0.39, 0.29) is 5.97 Å². The van der Waals surface area contributed by atoms with Crippen molar-refractivity contribution in [2.24, 2.45) is 0 Å². The first-order valence-corrected chi connectivity index (χ1v) is 10.0. The van der Waals surface area contributed by atoms with Crippen LogP contribution >= 0.6 is 0 Å². The molecule has 0 atom stereocenters. The number of benzene rings is 1. The van der Waals surface area contributed by atoms with Crippen LogP contribution < -0.4 is 5.32 Å². The number of aryl methyl sites for hydroxylation is 5. The zero-order valence-corrected chi connectivity index (χ0v) is 16.6. The van der Waals surface area contributed by atoms with E-state index in [9.17, 15) is 4.79 Å². The minimum atomic E-state index is -0.178. The number of nitrogens with zero attached hydrogens (tertiary/aromatic N) is 2. The van der Waals surface area contributed by atoms with Gasteiger partial charge in [-0.15, -0.1) is 0 Å². The van der Waals surface area contributed by atoms with Crippen LogP contribution in [0.15, 0.2) is 36.5 Å². The van der Waals surface area contributed by atoms with Crippen LogP contribution in [0.4, 0.5) is 5.82 Å². The molecule has 0 unspecified atom stereocenters. The van der Waals surface area contributed by atoms with E-state index in [4.69, 9.17) is 9.72 Å². The molecule has 0 amide bonds. The molecule has 5 heteroatoms. The summed E-state index contributed by atoms with van der Waals surface area (Å²) in [5, 5.41) is 4.62. The molecule has 0 fully saturated rings. The highest BCUT2D eigenvalue weighted by atomic mass is 16.5. The van der Waals surface area contributed by atoms with Crippen LogP contribution in [-0.2, 0) is 35.3 Å². The molecule has 1 aliphatic heterocycles. The first kappa shape index (κ1) is 18.5. The number of carbonyl (C=O) groups excluding carboxylic acids is 1. The summed E-state index contributed by atoms with van der Waals surface area (Å²) in [6.45, 7) is 3.78. The molecule has 1 aliphatic rings. The summed E-state index contributed by atoms with van der Waals surface area (Å²) in [4.78, 5) is 16.2. The minimum absolute atomic E-state index is 0.178. The summed E-state index contributed by atoms with van der Waals surface area (Å²) in [5.41, 5.74) is 6.31. The molecule has 3 heterocycles. The van der Waals surface area contributed by atoms with Gasteiger partial charge in [-0.05, 0) is 72.9 Å². The van der Waals surface area contributed by atoms with Crippen LogP contribution in [0.3, 0.4) is 0 Å². The molecule has 0 spiro atoms. The van der Waals surface area contributed by atoms with Crippen molar-refractivity contribution in [2.45, 2.75) is 45.6 Å². The molecule has 28 heavy (non-hydrogen) atoms. The third kappa shape index (κ3) is 3.88. The zero-order chi connectivity index (χ0) is 19.5. The van der Waals surface area contributed by atoms with Gasteiger partial charge in [-0.2, -0.15) is 0 Å². The molecule has 0 saturated carbocycles. The Labute approximate surface area is 165 Å². The average molecular weight is 377 g/mol. The molecule has 0 bridgehead atoms. The summed E-state index contributed by atoms with van der Waals surface area (Å²) in [5.74, 6) is 0.893. The van der Waals surface area contributed by atoms with Gasteiger partial charge in [-0.3, -0.25) is 4.79 Å². The third-order valence-corrected chi connectivity index (χ3v) is 5.62. The van der Waals surface area contributed by atoms with Crippen molar-refractivity contribution in [2.75, 3.05) is 19.0 Å². The number of hydrogen-bond donors (Lipinski definition) is 1. The first-order valence-electron chi connectivity index (χ1n) is 10.0. The maximum Gasteiger partial charge on any atom is 0.307 e. The van der Waals surface area contributed by atoms with Gasteiger partial charge in [0.15, 0.2) is 0 Å². The van der Waals surface area contributed by atoms with Gasteiger partial charge in [0, 0.05) is 30.5 Å². The number of methoxy groups -OCH3 is 1. The Morgan fingerprint density at radius 1 is 1.25 bits per heavy atom. The summed E-state index contributed by atoms with van der Waals surface area (Å²) < 4.78 is 6.85. The van der Waals surface area contributed by atoms with Crippen molar-refractivity contribution in [1.29, 1.82) is 0 Å². The highest BCUT2D eigenvalue weighted by Crippen LogP contribution is 2.24. The molecule has 0 aliphatic carbocycles. The molecule has 0 saturated heterocycles. The topological polar surface area (TPSA) is 56.2 Å². The van der Waals surface area contributed by atoms with E-state index >= 15 is 0 Å². The number of aromatic nitrogens is 2. The second-order valence-electron chi connectivity index (χ2n) is 7.50. The summed E-state index contributed by atoms with van der Waals surface area (Å²) >= 11 is 0. The molecule has 5 nitrogen and oxygen atoms in total. The first-order chi connectivity index (χ1) is 13.6. The van der Waals surface area contributed by atoms with Crippen LogP contribution in [0.2, 0.25) is 0 Å². The maximum absolute atomic E-state index is 11.4. The predicted octanol–water partition coefficient (Wildman–Crippen LogP) is 4.05. The van der Waals surface area contributed by atoms with Crippen molar-refractivity contribution < 1.29 is 9.53 Å². The molecular formula is C23H27N3O2. The molecule has 0 radical (unpaired) electrons. The molecule has 3 aromatic rings. The third-order valence-electron chi connectivity index (χ3n) is 5.62. The van der Waals surface area contributed by atoms with Crippen molar-refractivity contribution in [1.82, 2.24) is 9.55 Å². The van der Waals surface area contributed by atoms with E-state index in [1.54, 1.807) is 0 Å². The normalized spacial score (nSPS) is 13.2. The van der Waals surface area contributed by atoms with E-state index in [1.807, 2.05) is 6.20 Å². The number of esters is 1. The van der Waals surface area contributed by atoms with Gasteiger partial charge in [0.05, 0.1) is 13.5 Å². The predicted molar refractivity (Wildman–Crippen MR) is 112 cm³/mol. The Bertz CT molecular complexity index is 1010. The lowest BCUT2D eigenvalue weighted by Crippen LogP contribution is -2.15. The van der Waals surface area contributed by atoms with E-state index in [1.165, 1.54) is 35.6 Å². The van der Waals surface area contributed by atoms with Crippen molar-refractivity contribution in [3.8, 4) is 0 Å². The quantitative estimate of drug-likeness (QED) is 0.659. The van der Waals surface area contributed by atoms with E-state index in [0.717, 1.165) is 42.8 Å². The molecule has 2 aromatic heterocycles. The van der Waals surface area contributed by atoms with Gasteiger partial charge >= 0.3 is 5.97 Å². The number of carbonyl (C=O) groups is 1. The lowest BCUT2D eigenvalue weighted by Gasteiger charge is -2.19. The monoisotopic (exact) mass is 377 g/mol. The molecule has 4 rings (SSSR count). The zero-order valence-electron chi connectivity index (χ0n) is 16.6. The van der Waals surface area contributed by atoms with Gasteiger partial charge in [0.1, 0.15) is 5.82 Å². The maximum atomic E-state index is 11.4. The lowest BCUT2D eigenvalue weighted by molar-refractivity contribution is -0.140. The standard InChI is InChI=1S/C23H27N3O2/c1-16-18(15-20-4-3-11-24-23(20)25-16)7-5-17-6-8-21-19(14-17)9-12-26(21)13-10-22(27)28-2/h6,8-9,12,14-15H,3-5,7,10-11,13H2,1-2H3,(H,24,25). The summed E-state index contributed by atoms with van der Waals surface area (Å²) in [6, 6.07) is 11.1. The number of pyridine rings is 1. The molecule has 1 aromatic carbocycles. The minimum Gasteiger partial charge on any atom is -0.469 e. The molecule has 146 valence electrons. The smallest absolute Gasteiger partial charge is 0.307 e. The number of fused-ring (bicyclic) bond motifs is 2. The molecule has 1 N–H and O–H groups in total. The Balaban J connectivity index is 1.46. The number of rotatable bonds is 6. The van der Waals surface area contributed by atoms with Gasteiger partial charge in [0.2, 0.25) is 0 Å². The highest BCUT2D eigenvalue weighted by molar-refractivity contribution is 5.81. The average Bonchev–Trinajstić information content (AvgIpc) is 3.12. The summed E-state index contributed by atoms with van der Waals surface area (Å²) in [7, 11) is 1.43. The largest absolute Gasteiger partial charge is 0.469 e. The second kappa shape index (κ2) is 8.05. The second-order valence-corrected chi connectivity index (χ2v) is 7.50. The number of anilines is 1. The number of nitrogens with one attached hydrogen (secondary N) is 1. The Hall–Kier alpha value is -2.82. The fourth-order valence-electron chi connectivity index (χ4n) is 3.97. The number of ether oxygens (including phenoxy) is 1. The van der Waals surface area contributed by atoms with Gasteiger partial charge in [-0.1, -0.05) is 12.1 Å². The molecular weight excluding hydrogens is 350 g/mol. The Kier molecular flexibility index (Phi) is 5.33. The lowest BCUT2D eigenvalue weighted by atomic mass is 9.98. The van der Waals surface area contributed by atoms with Crippen LogP contribution in [0, 0.1) is 6.92 Å². The SMILES string of the molecule is COC(=O)CCn1ccc2cc(CCc3cc4c(nc3C)NCCC4)ccc21. The number of hydrogen-bond acceptors (Lipinski definition) is 4. The highest BCUT2D eigenvalue weighted by Gasteiger charge is 2.13. The van der Waals surface area contributed by atoms with Crippen molar-refractivity contribution in [3.05, 3.63) is 58.9 Å². The van der Waals surface area contributed by atoms with Gasteiger partial charge in [0.25, 0.3) is 0 Å². The van der Waals surface area contributed by atoms with E-state index < -0.39 is 0 Å². The Morgan fingerprint density at radius 3 is 3.00 bits per heavy atom. The van der Waals surface area contributed by atoms with Crippen LogP contribution in [0.5, 0.6) is 0 Å². The van der Waals surface area contributed by atoms with E-state index in [0.29, 0.717) is 13.0 Å². The van der Waals surface area contributed by atoms with Crippen molar-refractivity contribution in [3.63, 3.8) is 0 Å². The van der Waals surface area contributed by atoms with Gasteiger partial charge < -0.3 is 14.6 Å². The van der Waals surface area contributed by atoms with Gasteiger partial charge in [-0.25, -0.2) is 4.98 Å². The fourth-order valence-corrected chi connectivity index (χ4v) is 3.97. The van der Waals surface area contributed by atoms with Crippen LogP contribution in [0.25, 0.3) is 10.9 Å². The summed E-state index contributed by atoms with van der Waals surface area (Å²) in [6.07, 6.45) is 6.73. The van der Waals surface area contributed by atoms with Crippen LogP contribution in [0.1, 0.15) is 35.2 Å². The fraction of sp³-hybridized carbons (Fsp3) is 0.391. The van der Waals surface area contributed by atoms with E-state index in [2.05, 4.69) is 47.1 Å². The van der Waals surface area contributed by atoms with Crippen LogP contribution in [-0.4, -0.2) is 29.2 Å².